The average Bonchev–Trinajstić information content (AvgIpc) is 2.94. The van der Waals surface area contributed by atoms with Gasteiger partial charge in [-0.2, -0.15) is 0 Å². The molecular weight excluding hydrogens is 250 g/mol. The highest BCUT2D eigenvalue weighted by molar-refractivity contribution is 5.52. The first-order valence-corrected chi connectivity index (χ1v) is 7.62. The quantitative estimate of drug-likeness (QED) is 0.810. The molecule has 1 aliphatic heterocycles. The molecular formula is C16H27N3O. The molecule has 1 fully saturated rings. The zero-order valence-corrected chi connectivity index (χ0v) is 13.2. The van der Waals surface area contributed by atoms with Crippen LogP contribution in [-0.4, -0.2) is 37.8 Å². The van der Waals surface area contributed by atoms with Gasteiger partial charge in [-0.15, -0.1) is 0 Å². The molecule has 1 saturated heterocycles. The summed E-state index contributed by atoms with van der Waals surface area (Å²) < 4.78 is 5.51. The van der Waals surface area contributed by atoms with Crippen molar-refractivity contribution < 1.29 is 4.74 Å². The summed E-state index contributed by atoms with van der Waals surface area (Å²) >= 11 is 0. The van der Waals surface area contributed by atoms with Crippen molar-refractivity contribution in [1.82, 2.24) is 10.3 Å². The van der Waals surface area contributed by atoms with Gasteiger partial charge in [0.15, 0.2) is 0 Å². The summed E-state index contributed by atoms with van der Waals surface area (Å²) in [6.45, 7) is 10.1. The minimum absolute atomic E-state index is 0.452. The normalized spacial score (nSPS) is 18.5. The molecule has 0 saturated carbocycles. The van der Waals surface area contributed by atoms with Crippen LogP contribution in [0.4, 0.5) is 5.82 Å². The molecule has 0 aromatic carbocycles. The Kier molecular flexibility index (Phi) is 5.38. The first-order valence-electron chi connectivity index (χ1n) is 7.62. The van der Waals surface area contributed by atoms with E-state index < -0.39 is 0 Å². The number of anilines is 1. The Bertz CT molecular complexity index is 442. The second-order valence-corrected chi connectivity index (χ2v) is 5.69. The van der Waals surface area contributed by atoms with Crippen molar-refractivity contribution in [2.24, 2.45) is 0 Å². The van der Waals surface area contributed by atoms with Crippen LogP contribution in [0, 0.1) is 13.8 Å². The second kappa shape index (κ2) is 7.04. The summed E-state index contributed by atoms with van der Waals surface area (Å²) in [6, 6.07) is 2.62. The van der Waals surface area contributed by atoms with Gasteiger partial charge in [-0.3, -0.25) is 0 Å². The molecule has 1 unspecified atom stereocenters. The number of pyridine rings is 1. The summed E-state index contributed by atoms with van der Waals surface area (Å²) in [5.41, 5.74) is 3.72. The number of hydrogen-bond donors (Lipinski definition) is 1. The summed E-state index contributed by atoms with van der Waals surface area (Å²) in [7, 11) is 2.14. The third-order valence-electron chi connectivity index (χ3n) is 3.97. The highest BCUT2D eigenvalue weighted by atomic mass is 16.5. The number of nitrogens with zero attached hydrogens (tertiary/aromatic N) is 2. The Morgan fingerprint density at radius 1 is 1.45 bits per heavy atom. The van der Waals surface area contributed by atoms with Crippen LogP contribution in [0.15, 0.2) is 6.07 Å². The van der Waals surface area contributed by atoms with E-state index in [4.69, 9.17) is 9.72 Å². The van der Waals surface area contributed by atoms with Crippen LogP contribution in [0.25, 0.3) is 0 Å². The van der Waals surface area contributed by atoms with E-state index in [-0.39, 0.29) is 0 Å². The summed E-state index contributed by atoms with van der Waals surface area (Å²) in [5, 5.41) is 3.50. The third-order valence-corrected chi connectivity index (χ3v) is 3.97. The van der Waals surface area contributed by atoms with Gasteiger partial charge in [0.05, 0.1) is 12.6 Å². The Hall–Kier alpha value is -1.13. The number of aromatic nitrogens is 1. The topological polar surface area (TPSA) is 37.4 Å². The molecule has 1 aromatic heterocycles. The van der Waals surface area contributed by atoms with Gasteiger partial charge in [-0.25, -0.2) is 4.98 Å². The first kappa shape index (κ1) is 15.3. The van der Waals surface area contributed by atoms with E-state index in [0.717, 1.165) is 50.7 Å². The predicted octanol–water partition coefficient (Wildman–Crippen LogP) is 2.42. The van der Waals surface area contributed by atoms with E-state index in [9.17, 15) is 0 Å². The van der Waals surface area contributed by atoms with E-state index in [2.05, 4.69) is 44.1 Å². The fourth-order valence-electron chi connectivity index (χ4n) is 2.74. The number of rotatable bonds is 6. The van der Waals surface area contributed by atoms with Crippen LogP contribution in [-0.2, 0) is 11.3 Å². The van der Waals surface area contributed by atoms with E-state index in [1.807, 2.05) is 0 Å². The standard InChI is InChI=1S/C16H27N3O/c1-5-7-17-10-15-12(2)9-13(3)18-16(15)19(4)14-6-8-20-11-14/h9,14,17H,5-8,10-11H2,1-4H3. The summed E-state index contributed by atoms with van der Waals surface area (Å²) in [4.78, 5) is 7.09. The van der Waals surface area contributed by atoms with Crippen LogP contribution < -0.4 is 10.2 Å². The molecule has 20 heavy (non-hydrogen) atoms. The largest absolute Gasteiger partial charge is 0.379 e. The van der Waals surface area contributed by atoms with Gasteiger partial charge in [0.2, 0.25) is 0 Å². The molecule has 1 atom stereocenters. The molecule has 1 aromatic rings. The lowest BCUT2D eigenvalue weighted by atomic mass is 10.1. The van der Waals surface area contributed by atoms with Gasteiger partial charge in [0, 0.05) is 31.5 Å². The lowest BCUT2D eigenvalue weighted by Crippen LogP contribution is -2.34. The van der Waals surface area contributed by atoms with Crippen LogP contribution in [0.2, 0.25) is 0 Å². The van der Waals surface area contributed by atoms with Crippen molar-refractivity contribution in [2.75, 3.05) is 31.7 Å². The smallest absolute Gasteiger partial charge is 0.133 e. The molecule has 1 N–H and O–H groups in total. The minimum atomic E-state index is 0.452. The fraction of sp³-hybridized carbons (Fsp3) is 0.688. The number of aryl methyl sites for hydroxylation is 2. The Morgan fingerprint density at radius 3 is 2.90 bits per heavy atom. The Labute approximate surface area is 122 Å². The van der Waals surface area contributed by atoms with Crippen molar-refractivity contribution in [3.8, 4) is 0 Å². The molecule has 4 nitrogen and oxygen atoms in total. The van der Waals surface area contributed by atoms with Gasteiger partial charge < -0.3 is 15.0 Å². The van der Waals surface area contributed by atoms with Crippen LogP contribution in [0.1, 0.15) is 36.6 Å². The van der Waals surface area contributed by atoms with Gasteiger partial charge in [-0.05, 0) is 44.9 Å². The first-order chi connectivity index (χ1) is 9.63. The second-order valence-electron chi connectivity index (χ2n) is 5.69. The number of ether oxygens (including phenoxy) is 1. The highest BCUT2D eigenvalue weighted by Gasteiger charge is 2.24. The monoisotopic (exact) mass is 277 g/mol. The van der Waals surface area contributed by atoms with Crippen LogP contribution in [0.3, 0.4) is 0 Å². The maximum absolute atomic E-state index is 5.51. The Morgan fingerprint density at radius 2 is 2.25 bits per heavy atom. The van der Waals surface area contributed by atoms with Gasteiger partial charge in [0.25, 0.3) is 0 Å². The molecule has 1 aliphatic rings. The molecule has 0 amide bonds. The van der Waals surface area contributed by atoms with Crippen molar-refractivity contribution >= 4 is 5.82 Å². The maximum atomic E-state index is 5.51. The molecule has 0 aliphatic carbocycles. The number of hydrogen-bond acceptors (Lipinski definition) is 4. The maximum Gasteiger partial charge on any atom is 0.133 e. The third kappa shape index (κ3) is 3.49. The Balaban J connectivity index is 2.23. The van der Waals surface area contributed by atoms with Crippen molar-refractivity contribution in [3.63, 3.8) is 0 Å². The van der Waals surface area contributed by atoms with Gasteiger partial charge in [-0.1, -0.05) is 6.92 Å². The van der Waals surface area contributed by atoms with Crippen LogP contribution in [0.5, 0.6) is 0 Å². The summed E-state index contributed by atoms with van der Waals surface area (Å²) in [6.07, 6.45) is 2.24. The molecule has 4 heteroatoms. The van der Waals surface area contributed by atoms with E-state index >= 15 is 0 Å². The number of nitrogens with one attached hydrogen (secondary N) is 1. The highest BCUT2D eigenvalue weighted by Crippen LogP contribution is 2.25. The van der Waals surface area contributed by atoms with Crippen molar-refractivity contribution in [3.05, 3.63) is 22.9 Å². The molecule has 2 heterocycles. The van der Waals surface area contributed by atoms with E-state index in [1.54, 1.807) is 0 Å². The molecule has 0 bridgehead atoms. The number of likely N-dealkylation sites (N-methyl/N-ethyl adjacent to an activating group) is 1. The lowest BCUT2D eigenvalue weighted by molar-refractivity contribution is 0.193. The van der Waals surface area contributed by atoms with Crippen molar-refractivity contribution in [2.45, 2.75) is 46.2 Å². The van der Waals surface area contributed by atoms with Gasteiger partial charge in [0.1, 0.15) is 5.82 Å². The predicted molar refractivity (Wildman–Crippen MR) is 83.3 cm³/mol. The SMILES string of the molecule is CCCNCc1c(C)cc(C)nc1N(C)C1CCOC1. The van der Waals surface area contributed by atoms with Crippen LogP contribution >= 0.6 is 0 Å². The minimum Gasteiger partial charge on any atom is -0.379 e. The molecule has 112 valence electrons. The van der Waals surface area contributed by atoms with Crippen molar-refractivity contribution in [1.29, 1.82) is 0 Å². The molecule has 0 radical (unpaired) electrons. The average molecular weight is 277 g/mol. The molecule has 0 spiro atoms. The summed E-state index contributed by atoms with van der Waals surface area (Å²) in [5.74, 6) is 1.11. The molecule has 2 rings (SSSR count). The zero-order chi connectivity index (χ0) is 14.5. The lowest BCUT2D eigenvalue weighted by Gasteiger charge is -2.28. The van der Waals surface area contributed by atoms with E-state index in [0.29, 0.717) is 6.04 Å². The van der Waals surface area contributed by atoms with E-state index in [1.165, 1.54) is 11.1 Å². The zero-order valence-electron chi connectivity index (χ0n) is 13.2. The van der Waals surface area contributed by atoms with Gasteiger partial charge >= 0.3 is 0 Å². The fourth-order valence-corrected chi connectivity index (χ4v) is 2.74.